The van der Waals surface area contributed by atoms with E-state index in [1.54, 1.807) is 22.6 Å². The van der Waals surface area contributed by atoms with E-state index in [1.165, 1.54) is 7.11 Å². The molecule has 0 aromatic carbocycles. The van der Waals surface area contributed by atoms with Crippen LogP contribution in [0.3, 0.4) is 0 Å². The van der Waals surface area contributed by atoms with Crippen LogP contribution in [0.4, 0.5) is 5.82 Å². The lowest BCUT2D eigenvalue weighted by molar-refractivity contribution is -0.124. The fourth-order valence-corrected chi connectivity index (χ4v) is 3.05. The van der Waals surface area contributed by atoms with Crippen LogP contribution in [0.15, 0.2) is 11.4 Å². The molecule has 9 nitrogen and oxygen atoms in total. The molecule has 0 aliphatic rings. The Morgan fingerprint density at radius 2 is 2.15 bits per heavy atom. The molecule has 150 valence electrons. The summed E-state index contributed by atoms with van der Waals surface area (Å²) in [5.41, 5.74) is 0.753. The highest BCUT2D eigenvalue weighted by atomic mass is 32.2. The molecule has 1 amide bonds. The molecule has 2 rings (SSSR count). The summed E-state index contributed by atoms with van der Waals surface area (Å²) in [7, 11) is 1.49. The van der Waals surface area contributed by atoms with Gasteiger partial charge in [-0.25, -0.2) is 14.6 Å². The van der Waals surface area contributed by atoms with Gasteiger partial charge in [0.2, 0.25) is 5.91 Å². The van der Waals surface area contributed by atoms with Crippen LogP contribution in [-0.4, -0.2) is 71.4 Å². The smallest absolute Gasteiger partial charge is 0.246 e. The number of amides is 1. The van der Waals surface area contributed by atoms with Gasteiger partial charge in [0, 0.05) is 32.6 Å². The van der Waals surface area contributed by atoms with Gasteiger partial charge in [-0.1, -0.05) is 18.7 Å². The third kappa shape index (κ3) is 6.64. The van der Waals surface area contributed by atoms with Crippen molar-refractivity contribution in [2.24, 2.45) is 0 Å². The van der Waals surface area contributed by atoms with Crippen LogP contribution in [0.2, 0.25) is 0 Å². The van der Waals surface area contributed by atoms with Crippen molar-refractivity contribution in [3.63, 3.8) is 0 Å². The molecule has 0 saturated carbocycles. The first kappa shape index (κ1) is 21.4. The highest BCUT2D eigenvalue weighted by molar-refractivity contribution is 7.99. The fraction of sp³-hybridized carbons (Fsp3) is 0.647. The molecule has 2 heterocycles. The van der Waals surface area contributed by atoms with Crippen molar-refractivity contribution in [1.29, 1.82) is 0 Å². The van der Waals surface area contributed by atoms with Gasteiger partial charge in [-0.2, -0.15) is 5.10 Å². The van der Waals surface area contributed by atoms with Gasteiger partial charge in [0.25, 0.3) is 0 Å². The van der Waals surface area contributed by atoms with Crippen molar-refractivity contribution < 1.29 is 14.3 Å². The second-order valence-electron chi connectivity index (χ2n) is 5.71. The molecule has 0 spiro atoms. The van der Waals surface area contributed by atoms with E-state index in [1.807, 2.05) is 6.92 Å². The van der Waals surface area contributed by atoms with Crippen LogP contribution in [0, 0.1) is 0 Å². The van der Waals surface area contributed by atoms with Crippen LogP contribution >= 0.6 is 11.8 Å². The third-order valence-corrected chi connectivity index (χ3v) is 4.63. The van der Waals surface area contributed by atoms with Gasteiger partial charge in [-0.05, 0) is 13.3 Å². The number of nitrogens with zero attached hydrogens (tertiary/aromatic N) is 4. The quantitative estimate of drug-likeness (QED) is 0.299. The number of thioether (sulfide) groups is 1. The second kappa shape index (κ2) is 11.7. The molecule has 2 aromatic rings. The van der Waals surface area contributed by atoms with Gasteiger partial charge in [0.05, 0.1) is 24.7 Å². The van der Waals surface area contributed by atoms with Gasteiger partial charge in [-0.15, -0.1) is 0 Å². The van der Waals surface area contributed by atoms with E-state index in [9.17, 15) is 4.79 Å². The first-order chi connectivity index (χ1) is 13.2. The average Bonchev–Trinajstić information content (AvgIpc) is 3.07. The number of fused-ring (bicyclic) bond motifs is 1. The molecule has 10 heteroatoms. The summed E-state index contributed by atoms with van der Waals surface area (Å²) in [4.78, 5) is 20.8. The molecule has 0 radical (unpaired) electrons. The highest BCUT2D eigenvalue weighted by Crippen LogP contribution is 2.24. The van der Waals surface area contributed by atoms with Gasteiger partial charge in [-0.3, -0.25) is 4.79 Å². The van der Waals surface area contributed by atoms with E-state index < -0.39 is 0 Å². The Morgan fingerprint density at radius 1 is 1.30 bits per heavy atom. The summed E-state index contributed by atoms with van der Waals surface area (Å²) >= 11 is 1.62. The van der Waals surface area contributed by atoms with E-state index in [0.717, 1.165) is 29.0 Å². The Balaban J connectivity index is 2.14. The first-order valence-corrected chi connectivity index (χ1v) is 10.1. The molecular weight excluding hydrogens is 368 g/mol. The normalized spacial score (nSPS) is 11.1. The van der Waals surface area contributed by atoms with Crippen molar-refractivity contribution >= 4 is 34.5 Å². The van der Waals surface area contributed by atoms with E-state index in [0.29, 0.717) is 38.0 Å². The van der Waals surface area contributed by atoms with Crippen molar-refractivity contribution in [2.75, 3.05) is 51.1 Å². The molecule has 0 unspecified atom stereocenters. The number of ether oxygens (including phenoxy) is 2. The Labute approximate surface area is 163 Å². The molecule has 0 aliphatic heterocycles. The lowest BCUT2D eigenvalue weighted by atomic mass is 10.4. The number of hydrogen-bond acceptors (Lipinski definition) is 8. The van der Waals surface area contributed by atoms with Crippen LogP contribution in [0.5, 0.6) is 0 Å². The van der Waals surface area contributed by atoms with E-state index in [2.05, 4.69) is 32.6 Å². The topological polar surface area (TPSA) is 103 Å². The molecule has 2 aromatic heterocycles. The number of nitrogens with one attached hydrogen (secondary N) is 2. The van der Waals surface area contributed by atoms with Crippen LogP contribution < -0.4 is 10.6 Å². The molecule has 0 bridgehead atoms. The molecular formula is C17H28N6O3S. The molecule has 2 N–H and O–H groups in total. The van der Waals surface area contributed by atoms with Crippen LogP contribution in [0.1, 0.15) is 20.3 Å². The SMILES string of the molecule is CCCSc1nc(NCCOCC)c2cnn(CCNC(=O)COC)c2n1. The summed E-state index contributed by atoms with van der Waals surface area (Å²) < 4.78 is 12.0. The Hall–Kier alpha value is -1.91. The van der Waals surface area contributed by atoms with Crippen LogP contribution in [-0.2, 0) is 20.8 Å². The maximum Gasteiger partial charge on any atom is 0.246 e. The summed E-state index contributed by atoms with van der Waals surface area (Å²) in [5, 5.41) is 12.1. The summed E-state index contributed by atoms with van der Waals surface area (Å²) in [5.74, 6) is 1.56. The molecule has 0 aliphatic carbocycles. The first-order valence-electron chi connectivity index (χ1n) is 9.13. The number of carbonyl (C=O) groups is 1. The lowest BCUT2D eigenvalue weighted by Gasteiger charge is -2.10. The van der Waals surface area contributed by atoms with E-state index in [4.69, 9.17) is 9.47 Å². The number of anilines is 1. The largest absolute Gasteiger partial charge is 0.380 e. The number of hydrogen-bond donors (Lipinski definition) is 2. The average molecular weight is 397 g/mol. The standard InChI is InChI=1S/C17H28N6O3S/c1-4-10-27-17-21-15(19-7-9-26-5-2)13-11-20-23(16(13)22-17)8-6-18-14(24)12-25-3/h11H,4-10,12H2,1-3H3,(H,18,24)(H,19,21,22). The minimum atomic E-state index is -0.152. The van der Waals surface area contributed by atoms with Gasteiger partial charge >= 0.3 is 0 Å². The van der Waals surface area contributed by atoms with E-state index >= 15 is 0 Å². The molecule has 0 fully saturated rings. The molecule has 0 atom stereocenters. The van der Waals surface area contributed by atoms with Gasteiger partial charge in [0.15, 0.2) is 10.8 Å². The van der Waals surface area contributed by atoms with Crippen molar-refractivity contribution in [2.45, 2.75) is 32.0 Å². The minimum absolute atomic E-state index is 0.0493. The maximum atomic E-state index is 11.5. The predicted octanol–water partition coefficient (Wildman–Crippen LogP) is 1.54. The summed E-state index contributed by atoms with van der Waals surface area (Å²) in [6, 6.07) is 0. The van der Waals surface area contributed by atoms with Crippen molar-refractivity contribution in [1.82, 2.24) is 25.1 Å². The fourth-order valence-electron chi connectivity index (χ4n) is 2.36. The van der Waals surface area contributed by atoms with Crippen LogP contribution in [0.25, 0.3) is 11.0 Å². The Kier molecular flexibility index (Phi) is 9.29. The number of methoxy groups -OCH3 is 1. The summed E-state index contributed by atoms with van der Waals surface area (Å²) in [6.45, 7) is 7.07. The Morgan fingerprint density at radius 3 is 2.89 bits per heavy atom. The number of rotatable bonds is 13. The number of aromatic nitrogens is 4. The zero-order chi connectivity index (χ0) is 19.5. The third-order valence-electron chi connectivity index (χ3n) is 3.58. The van der Waals surface area contributed by atoms with Crippen molar-refractivity contribution in [3.05, 3.63) is 6.20 Å². The highest BCUT2D eigenvalue weighted by Gasteiger charge is 2.13. The monoisotopic (exact) mass is 396 g/mol. The number of carbonyl (C=O) groups excluding carboxylic acids is 1. The van der Waals surface area contributed by atoms with E-state index in [-0.39, 0.29) is 12.5 Å². The maximum absolute atomic E-state index is 11.5. The van der Waals surface area contributed by atoms with Gasteiger partial charge < -0.3 is 20.1 Å². The zero-order valence-corrected chi connectivity index (χ0v) is 17.0. The Bertz CT molecular complexity index is 724. The molecule has 0 saturated heterocycles. The molecule has 27 heavy (non-hydrogen) atoms. The lowest BCUT2D eigenvalue weighted by Crippen LogP contribution is -2.30. The zero-order valence-electron chi connectivity index (χ0n) is 16.2. The second-order valence-corrected chi connectivity index (χ2v) is 6.78. The van der Waals surface area contributed by atoms with Gasteiger partial charge in [0.1, 0.15) is 12.4 Å². The predicted molar refractivity (Wildman–Crippen MR) is 106 cm³/mol. The summed E-state index contributed by atoms with van der Waals surface area (Å²) in [6.07, 6.45) is 2.80. The van der Waals surface area contributed by atoms with Crippen molar-refractivity contribution in [3.8, 4) is 0 Å². The minimum Gasteiger partial charge on any atom is -0.380 e.